The van der Waals surface area contributed by atoms with E-state index in [-0.39, 0.29) is 11.8 Å². The van der Waals surface area contributed by atoms with Crippen LogP contribution in [0.2, 0.25) is 0 Å². The molecule has 0 saturated carbocycles. The minimum absolute atomic E-state index is 0.0869. The Morgan fingerprint density at radius 2 is 1.94 bits per heavy atom. The molecule has 1 fully saturated rings. The number of piperidine rings is 1. The Kier molecular flexibility index (Phi) is 17.9. The van der Waals surface area contributed by atoms with Crippen molar-refractivity contribution in [2.45, 2.75) is 46.6 Å². The number of carbonyl (C=O) groups excluding carboxylic acids is 1. The van der Waals surface area contributed by atoms with Crippen molar-refractivity contribution in [2.75, 3.05) is 33.7 Å². The van der Waals surface area contributed by atoms with Crippen LogP contribution in [-0.2, 0) is 4.79 Å². The normalized spacial score (nSPS) is 17.2. The fourth-order valence-corrected chi connectivity index (χ4v) is 2.96. The number of aldehydes is 1. The van der Waals surface area contributed by atoms with Gasteiger partial charge in [0.25, 0.3) is 0 Å². The summed E-state index contributed by atoms with van der Waals surface area (Å²) in [6, 6.07) is 0.0869. The molecule has 1 heterocycles. The van der Waals surface area contributed by atoms with Crippen LogP contribution in [0.15, 0.2) is 63.5 Å². The molecule has 0 amide bonds. The molecule has 0 bridgehead atoms. The van der Waals surface area contributed by atoms with E-state index >= 15 is 0 Å². The van der Waals surface area contributed by atoms with Gasteiger partial charge in [0.05, 0.1) is 29.6 Å². The summed E-state index contributed by atoms with van der Waals surface area (Å²) >= 11 is 0. The Morgan fingerprint density at radius 3 is 2.44 bits per heavy atom. The Morgan fingerprint density at radius 1 is 1.26 bits per heavy atom. The van der Waals surface area contributed by atoms with Crippen molar-refractivity contribution in [3.8, 4) is 0 Å². The number of allylic oxidation sites excluding steroid dienone is 2. The summed E-state index contributed by atoms with van der Waals surface area (Å²) in [6.07, 6.45) is 10.9. The molecule has 190 valence electrons. The van der Waals surface area contributed by atoms with Gasteiger partial charge in [0.2, 0.25) is 0 Å². The smallest absolute Gasteiger partial charge is 0.163 e. The van der Waals surface area contributed by atoms with E-state index < -0.39 is 0 Å². The second kappa shape index (κ2) is 19.5. The first-order valence-electron chi connectivity index (χ1n) is 11.5. The minimum atomic E-state index is 0.0869. The quantitative estimate of drug-likeness (QED) is 0.174. The molecule has 0 aromatic carbocycles. The summed E-state index contributed by atoms with van der Waals surface area (Å²) in [5.74, 6) is 1.24. The van der Waals surface area contributed by atoms with Crippen LogP contribution >= 0.6 is 0 Å². The zero-order valence-corrected chi connectivity index (χ0v) is 21.5. The predicted molar refractivity (Wildman–Crippen MR) is 143 cm³/mol. The largest absolute Gasteiger partial charge is 0.381 e. The monoisotopic (exact) mass is 475 g/mol. The van der Waals surface area contributed by atoms with Gasteiger partial charge in [-0.2, -0.15) is 0 Å². The third-order valence-corrected chi connectivity index (χ3v) is 4.74. The molecule has 1 saturated heterocycles. The lowest BCUT2D eigenvalue weighted by atomic mass is 9.97. The van der Waals surface area contributed by atoms with E-state index in [2.05, 4.69) is 49.5 Å². The van der Waals surface area contributed by atoms with Crippen molar-refractivity contribution < 1.29 is 9.18 Å². The van der Waals surface area contributed by atoms with Gasteiger partial charge in [0.1, 0.15) is 6.34 Å². The van der Waals surface area contributed by atoms with Gasteiger partial charge in [0.15, 0.2) is 12.1 Å². The molecule has 0 aromatic heterocycles. The third kappa shape index (κ3) is 15.0. The highest BCUT2D eigenvalue weighted by Crippen LogP contribution is 2.14. The molecule has 0 unspecified atom stereocenters. The molecule has 34 heavy (non-hydrogen) atoms. The number of carbonyl (C=O) groups is 1. The maximum atomic E-state index is 12.6. The number of aliphatic imine (C=N–C) groups is 3. The van der Waals surface area contributed by atoms with Crippen molar-refractivity contribution in [3.63, 3.8) is 0 Å². The van der Waals surface area contributed by atoms with Gasteiger partial charge in [-0.15, -0.1) is 0 Å². The van der Waals surface area contributed by atoms with E-state index in [4.69, 9.17) is 0 Å². The van der Waals surface area contributed by atoms with Crippen molar-refractivity contribution in [1.29, 1.82) is 0 Å². The van der Waals surface area contributed by atoms with Crippen molar-refractivity contribution >= 4 is 24.6 Å². The Balaban J connectivity index is 0.000000896. The number of hydrogen-bond acceptors (Lipinski definition) is 7. The maximum Gasteiger partial charge on any atom is 0.163 e. The van der Waals surface area contributed by atoms with Crippen molar-refractivity contribution in [2.24, 2.45) is 20.9 Å². The zero-order chi connectivity index (χ0) is 25.8. The van der Waals surface area contributed by atoms with Gasteiger partial charge in [-0.1, -0.05) is 6.58 Å². The summed E-state index contributed by atoms with van der Waals surface area (Å²) in [5, 5.41) is 9.31. The maximum absolute atomic E-state index is 12.6. The van der Waals surface area contributed by atoms with Gasteiger partial charge in [0, 0.05) is 12.3 Å². The molecule has 1 aliphatic heterocycles. The number of hydrogen-bond donors (Lipinski definition) is 3. The van der Waals surface area contributed by atoms with E-state index in [1.807, 2.05) is 20.9 Å². The molecule has 0 aromatic rings. The molecule has 0 radical (unpaired) electrons. The van der Waals surface area contributed by atoms with E-state index in [9.17, 15) is 9.18 Å². The first-order chi connectivity index (χ1) is 16.3. The van der Waals surface area contributed by atoms with Crippen LogP contribution in [0.5, 0.6) is 0 Å². The SMILES string of the molecule is C=C/C(NC(=C\N=C(C)C=O)/N=C\N=CC)=C(\C=C\F)NC(C)C.CNCC1CCN(C)CC1. The number of likely N-dealkylation sites (tertiary alicyclic amines) is 1. The van der Waals surface area contributed by atoms with Gasteiger partial charge in [-0.3, -0.25) is 9.79 Å². The average molecular weight is 476 g/mol. The lowest BCUT2D eigenvalue weighted by Gasteiger charge is -2.28. The fraction of sp³-hybridized carbons (Fsp3) is 0.520. The topological polar surface area (TPSA) is 93.5 Å². The third-order valence-electron chi connectivity index (χ3n) is 4.74. The van der Waals surface area contributed by atoms with E-state index in [0.717, 1.165) is 5.92 Å². The summed E-state index contributed by atoms with van der Waals surface area (Å²) in [7, 11) is 4.24. The fourth-order valence-electron chi connectivity index (χ4n) is 2.96. The van der Waals surface area contributed by atoms with Crippen molar-refractivity contribution in [3.05, 3.63) is 48.5 Å². The molecule has 0 spiro atoms. The average Bonchev–Trinajstić information content (AvgIpc) is 2.82. The lowest BCUT2D eigenvalue weighted by Crippen LogP contribution is -2.34. The number of nitrogens with zero attached hydrogens (tertiary/aromatic N) is 4. The van der Waals surface area contributed by atoms with Crippen LogP contribution in [0, 0.1) is 5.92 Å². The number of nitrogens with one attached hydrogen (secondary N) is 3. The van der Waals surface area contributed by atoms with E-state index in [0.29, 0.717) is 29.8 Å². The number of rotatable bonds is 12. The Hall–Kier alpha value is -2.91. The molecule has 8 nitrogen and oxygen atoms in total. The highest BCUT2D eigenvalue weighted by Gasteiger charge is 2.14. The van der Waals surface area contributed by atoms with Gasteiger partial charge >= 0.3 is 0 Å². The van der Waals surface area contributed by atoms with Crippen LogP contribution in [-0.4, -0.2) is 69.2 Å². The summed E-state index contributed by atoms with van der Waals surface area (Å²) in [4.78, 5) is 25.0. The Bertz CT molecular complexity index is 774. The molecule has 9 heteroatoms. The standard InChI is InChI=1S/C17H24FN5O.C8H18N2/c1-6-15(16(8-9-18)22-13(3)4)23-17(21-12-19-7-2)10-20-14(5)11-24;1-9-7-8-3-5-10(2)6-4-8/h6-13,22-23H,1H2,2-5H3;8-9H,3-7H2,1-2H3/b9-8+,16-15-,17-10-,19-7?,20-14?,21-12-;. The van der Waals surface area contributed by atoms with Crippen LogP contribution < -0.4 is 16.0 Å². The van der Waals surface area contributed by atoms with Gasteiger partial charge in [-0.25, -0.2) is 14.4 Å². The second-order valence-electron chi connectivity index (χ2n) is 8.11. The lowest BCUT2D eigenvalue weighted by molar-refractivity contribution is -0.102. The van der Waals surface area contributed by atoms with Crippen LogP contribution in [0.25, 0.3) is 0 Å². The van der Waals surface area contributed by atoms with Crippen LogP contribution in [0.1, 0.15) is 40.5 Å². The van der Waals surface area contributed by atoms with E-state index in [1.165, 1.54) is 57.2 Å². The van der Waals surface area contributed by atoms with Crippen molar-refractivity contribution in [1.82, 2.24) is 20.9 Å². The molecule has 1 rings (SSSR count). The summed E-state index contributed by atoms with van der Waals surface area (Å²) in [5.41, 5.74) is 1.29. The molecule has 0 aliphatic carbocycles. The second-order valence-corrected chi connectivity index (χ2v) is 8.11. The molecular weight excluding hydrogens is 433 g/mol. The first kappa shape index (κ1) is 31.1. The van der Waals surface area contributed by atoms with Gasteiger partial charge in [-0.05, 0) is 92.3 Å². The molecule has 1 aliphatic rings. The molecule has 3 N–H and O–H groups in total. The Labute approximate surface area is 204 Å². The number of halogens is 1. The van der Waals surface area contributed by atoms with Crippen LogP contribution in [0.4, 0.5) is 4.39 Å². The molecule has 0 atom stereocenters. The highest BCUT2D eigenvalue weighted by molar-refractivity contribution is 6.27. The predicted octanol–water partition coefficient (Wildman–Crippen LogP) is 3.58. The first-order valence-corrected chi connectivity index (χ1v) is 11.5. The highest BCUT2D eigenvalue weighted by atomic mass is 19.1. The summed E-state index contributed by atoms with van der Waals surface area (Å²) < 4.78 is 12.6. The molecular formula is C25H42FN7O. The summed E-state index contributed by atoms with van der Waals surface area (Å²) in [6.45, 7) is 14.7. The minimum Gasteiger partial charge on any atom is -0.381 e. The zero-order valence-electron chi connectivity index (χ0n) is 21.5. The van der Waals surface area contributed by atoms with Crippen LogP contribution in [0.3, 0.4) is 0 Å². The van der Waals surface area contributed by atoms with Gasteiger partial charge < -0.3 is 20.9 Å². The van der Waals surface area contributed by atoms with E-state index in [1.54, 1.807) is 20.1 Å².